The summed E-state index contributed by atoms with van der Waals surface area (Å²) in [7, 11) is 0. The molecule has 3 amide bonds. The second kappa shape index (κ2) is 13.2. The molecule has 46 heavy (non-hydrogen) atoms. The Morgan fingerprint density at radius 1 is 1.15 bits per heavy atom. The zero-order chi connectivity index (χ0) is 32.4. The Morgan fingerprint density at radius 2 is 1.93 bits per heavy atom. The van der Waals surface area contributed by atoms with E-state index in [1.807, 2.05) is 66.9 Å². The van der Waals surface area contributed by atoms with Gasteiger partial charge in [0.1, 0.15) is 0 Å². The number of anilines is 2. The number of para-hydroxylation sites is 1. The van der Waals surface area contributed by atoms with Gasteiger partial charge in [0.2, 0.25) is 11.8 Å². The fraction of sp³-hybridized carbons (Fsp3) is 0.306. The first-order chi connectivity index (χ1) is 22.2. The Kier molecular flexibility index (Phi) is 9.13. The molecule has 2 aliphatic heterocycles. The van der Waals surface area contributed by atoms with Crippen molar-refractivity contribution in [3.63, 3.8) is 0 Å². The van der Waals surface area contributed by atoms with Gasteiger partial charge >= 0.3 is 0 Å². The Balaban J connectivity index is 1.13. The molecule has 9 nitrogen and oxygen atoms in total. The Labute approximate surface area is 276 Å². The number of aromatic nitrogens is 1. The summed E-state index contributed by atoms with van der Waals surface area (Å²) in [6, 6.07) is 20.5. The third-order valence-corrected chi connectivity index (χ3v) is 9.61. The highest BCUT2D eigenvalue weighted by Crippen LogP contribution is 2.46. The molecular formula is C36H37BrN4O5. The number of aromatic amines is 1. The molecule has 6 rings (SSSR count). The molecule has 0 bridgehead atoms. The number of rotatable bonds is 10. The van der Waals surface area contributed by atoms with Crippen LogP contribution in [0.15, 0.2) is 89.6 Å². The van der Waals surface area contributed by atoms with Gasteiger partial charge in [-0.3, -0.25) is 14.4 Å². The molecular weight excluding hydrogens is 648 g/mol. The number of hydrogen-bond acceptors (Lipinski definition) is 5. The molecule has 3 heterocycles. The number of likely N-dealkylation sites (tertiary alicyclic amines) is 1. The predicted octanol–water partition coefficient (Wildman–Crippen LogP) is 5.41. The van der Waals surface area contributed by atoms with Gasteiger partial charge in [0.05, 0.1) is 31.3 Å². The summed E-state index contributed by atoms with van der Waals surface area (Å²) in [6.07, 6.45) is 7.32. The van der Waals surface area contributed by atoms with Crippen molar-refractivity contribution in [3.8, 4) is 0 Å². The van der Waals surface area contributed by atoms with Gasteiger partial charge in [0.25, 0.3) is 5.91 Å². The molecule has 3 aromatic carbocycles. The van der Waals surface area contributed by atoms with Crippen LogP contribution in [0.1, 0.15) is 42.9 Å². The van der Waals surface area contributed by atoms with Crippen LogP contribution in [0.4, 0.5) is 11.4 Å². The summed E-state index contributed by atoms with van der Waals surface area (Å²) >= 11 is 3.49. The van der Waals surface area contributed by atoms with Gasteiger partial charge < -0.3 is 30.3 Å². The van der Waals surface area contributed by atoms with Crippen LogP contribution in [0.5, 0.6) is 0 Å². The zero-order valence-electron chi connectivity index (χ0n) is 25.6. The quantitative estimate of drug-likeness (QED) is 0.166. The molecule has 0 unspecified atom stereocenters. The van der Waals surface area contributed by atoms with E-state index in [1.54, 1.807) is 34.9 Å². The molecule has 238 valence electrons. The minimum absolute atomic E-state index is 0.0508. The fourth-order valence-electron chi connectivity index (χ4n) is 6.59. The van der Waals surface area contributed by atoms with E-state index in [-0.39, 0.29) is 43.8 Å². The van der Waals surface area contributed by atoms with Crippen molar-refractivity contribution in [2.24, 2.45) is 5.92 Å². The first-order valence-corrected chi connectivity index (χ1v) is 16.3. The van der Waals surface area contributed by atoms with Gasteiger partial charge in [-0.15, -0.1) is 0 Å². The lowest BCUT2D eigenvalue weighted by atomic mass is 9.83. The van der Waals surface area contributed by atoms with Crippen LogP contribution in [0.2, 0.25) is 0 Å². The maximum atomic E-state index is 14.0. The monoisotopic (exact) mass is 684 g/mol. The van der Waals surface area contributed by atoms with Crippen LogP contribution in [0, 0.1) is 5.92 Å². The Hall–Kier alpha value is -4.25. The lowest BCUT2D eigenvalue weighted by Crippen LogP contribution is -2.44. The van der Waals surface area contributed by atoms with Gasteiger partial charge in [-0.05, 0) is 60.4 Å². The Morgan fingerprint density at radius 3 is 2.72 bits per heavy atom. The van der Waals surface area contributed by atoms with Gasteiger partial charge in [0.15, 0.2) is 5.60 Å². The molecule has 1 aromatic heterocycles. The van der Waals surface area contributed by atoms with Crippen LogP contribution in [0.3, 0.4) is 0 Å². The minimum atomic E-state index is -1.82. The number of halogens is 1. The van der Waals surface area contributed by atoms with Crippen LogP contribution in [-0.4, -0.2) is 57.0 Å². The van der Waals surface area contributed by atoms with Crippen molar-refractivity contribution >= 4 is 55.9 Å². The van der Waals surface area contributed by atoms with Crippen molar-refractivity contribution in [3.05, 3.63) is 106 Å². The highest BCUT2D eigenvalue weighted by molar-refractivity contribution is 9.10. The van der Waals surface area contributed by atoms with Crippen molar-refractivity contribution in [1.82, 2.24) is 9.88 Å². The first kappa shape index (κ1) is 31.7. The number of amides is 3. The molecule has 4 aromatic rings. The number of carbonyl (C=O) groups is 3. The molecule has 10 heteroatoms. The van der Waals surface area contributed by atoms with Gasteiger partial charge in [-0.2, -0.15) is 0 Å². The highest BCUT2D eigenvalue weighted by atomic mass is 79.9. The number of hydrogen-bond donors (Lipinski definition) is 4. The van der Waals surface area contributed by atoms with Gasteiger partial charge in [-0.25, -0.2) is 0 Å². The zero-order valence-corrected chi connectivity index (χ0v) is 27.2. The summed E-state index contributed by atoms with van der Waals surface area (Å²) in [5.74, 6) is -1.27. The first-order valence-electron chi connectivity index (χ1n) is 15.5. The average Bonchev–Trinajstić information content (AvgIpc) is 3.75. The summed E-state index contributed by atoms with van der Waals surface area (Å²) in [4.78, 5) is 46.0. The van der Waals surface area contributed by atoms with Crippen LogP contribution in [-0.2, 0) is 33.0 Å². The number of aliphatic hydroxyl groups excluding tert-OH is 1. The molecule has 0 spiro atoms. The van der Waals surface area contributed by atoms with Crippen molar-refractivity contribution < 1.29 is 24.6 Å². The Bertz CT molecular complexity index is 1800. The van der Waals surface area contributed by atoms with E-state index in [1.165, 1.54) is 0 Å². The minimum Gasteiger partial charge on any atom is -0.394 e. The van der Waals surface area contributed by atoms with E-state index < -0.39 is 17.4 Å². The maximum Gasteiger partial charge on any atom is 0.264 e. The lowest BCUT2D eigenvalue weighted by molar-refractivity contribution is -0.139. The van der Waals surface area contributed by atoms with E-state index >= 15 is 0 Å². The third kappa shape index (κ3) is 6.12. The van der Waals surface area contributed by atoms with E-state index in [9.17, 15) is 24.6 Å². The maximum absolute atomic E-state index is 14.0. The number of benzene rings is 3. The highest BCUT2D eigenvalue weighted by Gasteiger charge is 2.52. The molecule has 1 fully saturated rings. The third-order valence-electron chi connectivity index (χ3n) is 9.12. The number of nitrogens with one attached hydrogen (secondary N) is 2. The fourth-order valence-corrected chi connectivity index (χ4v) is 6.95. The van der Waals surface area contributed by atoms with Crippen LogP contribution in [0.25, 0.3) is 10.9 Å². The van der Waals surface area contributed by atoms with E-state index in [0.717, 1.165) is 39.3 Å². The van der Waals surface area contributed by atoms with E-state index in [0.29, 0.717) is 23.5 Å². The average molecular weight is 686 g/mol. The molecule has 3 atom stereocenters. The van der Waals surface area contributed by atoms with E-state index in [2.05, 4.69) is 26.2 Å². The number of carbonyl (C=O) groups excluding carboxylic acids is 3. The molecule has 2 aliphatic rings. The summed E-state index contributed by atoms with van der Waals surface area (Å²) < 4.78 is 0.738. The number of H-pyrrole nitrogens is 1. The summed E-state index contributed by atoms with van der Waals surface area (Å²) in [5.41, 5.74) is 2.68. The largest absolute Gasteiger partial charge is 0.394 e. The van der Waals surface area contributed by atoms with Gasteiger partial charge in [0, 0.05) is 51.7 Å². The second-order valence-corrected chi connectivity index (χ2v) is 13.0. The number of aliphatic hydroxyl groups is 2. The predicted molar refractivity (Wildman–Crippen MR) is 181 cm³/mol. The molecule has 1 saturated heterocycles. The summed E-state index contributed by atoms with van der Waals surface area (Å²) in [5, 5.41) is 25.5. The normalized spacial score (nSPS) is 20.1. The smallest absolute Gasteiger partial charge is 0.264 e. The van der Waals surface area contributed by atoms with Crippen LogP contribution >= 0.6 is 15.9 Å². The van der Waals surface area contributed by atoms with Crippen molar-refractivity contribution in [2.75, 3.05) is 23.4 Å². The number of nitrogens with zero attached hydrogens (tertiary/aromatic N) is 2. The molecule has 4 N–H and O–H groups in total. The van der Waals surface area contributed by atoms with Crippen molar-refractivity contribution in [1.29, 1.82) is 0 Å². The SMILES string of the molecule is C[C@@H](/C=C/CC(=O)N1CCC[C@H]1CO)[C@]1(O)C(=O)N(Cc2ccc(NC(=O)Cc3c[nH]c4ccccc34)cc2)c2ccc(Br)cc21. The van der Waals surface area contributed by atoms with Crippen LogP contribution < -0.4 is 10.2 Å². The molecule has 0 radical (unpaired) electrons. The topological polar surface area (TPSA) is 126 Å². The van der Waals surface area contributed by atoms with Gasteiger partial charge in [-0.1, -0.05) is 65.3 Å². The second-order valence-electron chi connectivity index (χ2n) is 12.1. The number of fused-ring (bicyclic) bond motifs is 2. The molecule has 0 aliphatic carbocycles. The molecule has 0 saturated carbocycles. The summed E-state index contributed by atoms with van der Waals surface area (Å²) in [6.45, 7) is 2.58. The standard InChI is InChI=1S/C36H37BrN4O5/c1-23(6-4-10-34(44)40-17-5-7-28(40)22-42)36(46)30-19-26(37)13-16-32(30)41(35(36)45)21-24-11-14-27(15-12-24)39-33(43)18-25-20-38-31-9-3-2-8-29(25)31/h2-4,6,8-9,11-16,19-20,23,28,38,42,46H,5,7,10,17-18,21-22H2,1H3,(H,39,43)/b6-4+/t23-,28-,36+/m0/s1. The van der Waals surface area contributed by atoms with Crippen molar-refractivity contribution in [2.45, 2.75) is 50.8 Å². The lowest BCUT2D eigenvalue weighted by Gasteiger charge is -2.28. The van der Waals surface area contributed by atoms with E-state index in [4.69, 9.17) is 0 Å².